The van der Waals surface area contributed by atoms with Gasteiger partial charge in [0, 0.05) is 6.42 Å². The standard InChI is InChI=1S/C8H12N2O4.BrH/c1-4-5(7(11)10-14-4)2-3-6(9)8(12)13;/h6H,2-3,9H2,1H3,(H,10,11)(H,12,13);1H/t6-;/m0./s1. The number of halogens is 1. The summed E-state index contributed by atoms with van der Waals surface area (Å²) >= 11 is 0. The summed E-state index contributed by atoms with van der Waals surface area (Å²) < 4.78 is 4.78. The Kier molecular flexibility index (Phi) is 5.31. The Labute approximate surface area is 96.2 Å². The maximum atomic E-state index is 11.1. The third-order valence-corrected chi connectivity index (χ3v) is 2.09. The highest BCUT2D eigenvalue weighted by Gasteiger charge is 2.17. The van der Waals surface area contributed by atoms with Gasteiger partial charge < -0.3 is 32.3 Å². The summed E-state index contributed by atoms with van der Waals surface area (Å²) in [4.78, 5) is 21.6. The summed E-state index contributed by atoms with van der Waals surface area (Å²) in [5.41, 5.74) is 3.66. The van der Waals surface area contributed by atoms with Crippen molar-refractivity contribution < 1.29 is 37.1 Å². The predicted octanol–water partition coefficient (Wildman–Crippen LogP) is -4.09. The third-order valence-electron chi connectivity index (χ3n) is 2.09. The summed E-state index contributed by atoms with van der Waals surface area (Å²) in [6.45, 7) is 1.66. The molecule has 5 N–H and O–H groups in total. The lowest BCUT2D eigenvalue weighted by atomic mass is 10.1. The summed E-state index contributed by atoms with van der Waals surface area (Å²) in [7, 11) is 0. The number of aliphatic carboxylic acids is 1. The Morgan fingerprint density at radius 3 is 2.67 bits per heavy atom. The number of aromatic amines is 1. The van der Waals surface area contributed by atoms with Gasteiger partial charge in [0.15, 0.2) is 6.04 Å². The first-order chi connectivity index (χ1) is 6.52. The van der Waals surface area contributed by atoms with Gasteiger partial charge >= 0.3 is 5.97 Å². The van der Waals surface area contributed by atoms with E-state index in [-0.39, 0.29) is 22.5 Å². The van der Waals surface area contributed by atoms with Crippen molar-refractivity contribution in [3.63, 3.8) is 0 Å². The Morgan fingerprint density at radius 1 is 1.67 bits per heavy atom. The van der Waals surface area contributed by atoms with Gasteiger partial charge in [-0.3, -0.25) is 4.79 Å². The lowest BCUT2D eigenvalue weighted by Crippen LogP contribution is -3.00. The van der Waals surface area contributed by atoms with Gasteiger partial charge in [0.1, 0.15) is 5.76 Å². The Hall–Kier alpha value is -1.08. The van der Waals surface area contributed by atoms with E-state index in [2.05, 4.69) is 10.9 Å². The molecule has 1 heterocycles. The number of H-pyrrole nitrogens is 1. The smallest absolute Gasteiger partial charge is 0.362 e. The highest BCUT2D eigenvalue weighted by Crippen LogP contribution is 2.04. The van der Waals surface area contributed by atoms with Crippen molar-refractivity contribution in [2.24, 2.45) is 0 Å². The average Bonchev–Trinajstić information content (AvgIpc) is 2.43. The fraction of sp³-hybridized carbons (Fsp3) is 0.500. The number of carbonyl (C=O) groups is 1. The molecule has 0 aromatic carbocycles. The van der Waals surface area contributed by atoms with Crippen molar-refractivity contribution in [1.29, 1.82) is 0 Å². The molecule has 0 saturated heterocycles. The fourth-order valence-electron chi connectivity index (χ4n) is 1.14. The molecule has 1 aromatic heterocycles. The van der Waals surface area contributed by atoms with Crippen LogP contribution in [0.3, 0.4) is 0 Å². The molecule has 0 bridgehead atoms. The summed E-state index contributed by atoms with van der Waals surface area (Å²) in [5.74, 6) is -0.449. The minimum absolute atomic E-state index is 0. The zero-order valence-electron chi connectivity index (χ0n) is 8.25. The molecule has 86 valence electrons. The highest BCUT2D eigenvalue weighted by molar-refractivity contribution is 5.71. The van der Waals surface area contributed by atoms with Crippen LogP contribution in [0.2, 0.25) is 0 Å². The number of nitrogens with one attached hydrogen (secondary N) is 1. The van der Waals surface area contributed by atoms with E-state index in [4.69, 9.17) is 9.63 Å². The number of rotatable bonds is 4. The van der Waals surface area contributed by atoms with Gasteiger partial charge in [-0.15, -0.1) is 0 Å². The van der Waals surface area contributed by atoms with Gasteiger partial charge in [-0.2, -0.15) is 5.16 Å². The summed E-state index contributed by atoms with van der Waals surface area (Å²) in [5, 5.41) is 10.8. The van der Waals surface area contributed by atoms with Crippen molar-refractivity contribution in [1.82, 2.24) is 5.16 Å². The lowest BCUT2D eigenvalue weighted by molar-refractivity contribution is -0.408. The Morgan fingerprint density at radius 2 is 2.27 bits per heavy atom. The molecule has 0 unspecified atom stereocenters. The summed E-state index contributed by atoms with van der Waals surface area (Å²) in [6, 6.07) is -0.691. The molecule has 0 aliphatic rings. The van der Waals surface area contributed by atoms with E-state index in [9.17, 15) is 9.59 Å². The zero-order valence-corrected chi connectivity index (χ0v) is 9.83. The van der Waals surface area contributed by atoms with Crippen molar-refractivity contribution in [3.05, 3.63) is 21.7 Å². The van der Waals surface area contributed by atoms with E-state index < -0.39 is 12.0 Å². The zero-order chi connectivity index (χ0) is 10.7. The van der Waals surface area contributed by atoms with Crippen molar-refractivity contribution in [2.75, 3.05) is 0 Å². The minimum Gasteiger partial charge on any atom is -1.00 e. The number of hydrogen-bond donors (Lipinski definition) is 3. The number of aromatic nitrogens is 1. The molecular weight excluding hydrogens is 268 g/mol. The van der Waals surface area contributed by atoms with Gasteiger partial charge in [0.25, 0.3) is 5.56 Å². The van der Waals surface area contributed by atoms with Crippen LogP contribution in [0.4, 0.5) is 0 Å². The monoisotopic (exact) mass is 280 g/mol. The van der Waals surface area contributed by atoms with Crippen molar-refractivity contribution >= 4 is 5.97 Å². The average molecular weight is 281 g/mol. The number of aryl methyl sites for hydroxylation is 1. The minimum atomic E-state index is -0.956. The molecule has 0 saturated carbocycles. The molecular formula is C8H13BrN2O4. The normalized spacial score (nSPS) is 11.9. The SMILES string of the molecule is Cc1o[nH]c(=O)c1CC[C@H]([NH3+])C(=O)O.[Br-]. The number of carboxylic acids is 1. The molecule has 6 nitrogen and oxygen atoms in total. The largest absolute Gasteiger partial charge is 1.00 e. The second kappa shape index (κ2) is 5.72. The highest BCUT2D eigenvalue weighted by atomic mass is 79.9. The van der Waals surface area contributed by atoms with Gasteiger partial charge in [0.05, 0.1) is 5.56 Å². The van der Waals surface area contributed by atoms with E-state index in [0.717, 1.165) is 0 Å². The van der Waals surface area contributed by atoms with Gasteiger partial charge in [-0.25, -0.2) is 4.79 Å². The maximum Gasteiger partial charge on any atom is 0.362 e. The van der Waals surface area contributed by atoms with E-state index in [0.29, 0.717) is 24.2 Å². The quantitative estimate of drug-likeness (QED) is 0.521. The second-order valence-corrected chi connectivity index (χ2v) is 3.14. The fourth-order valence-corrected chi connectivity index (χ4v) is 1.14. The second-order valence-electron chi connectivity index (χ2n) is 3.14. The first-order valence-corrected chi connectivity index (χ1v) is 4.25. The third kappa shape index (κ3) is 3.52. The van der Waals surface area contributed by atoms with Crippen LogP contribution >= 0.6 is 0 Å². The molecule has 0 aliphatic heterocycles. The van der Waals surface area contributed by atoms with E-state index >= 15 is 0 Å². The molecule has 15 heavy (non-hydrogen) atoms. The van der Waals surface area contributed by atoms with Gasteiger partial charge in [0.2, 0.25) is 0 Å². The van der Waals surface area contributed by atoms with E-state index in [1.165, 1.54) is 0 Å². The van der Waals surface area contributed by atoms with Crippen LogP contribution in [0.5, 0.6) is 0 Å². The van der Waals surface area contributed by atoms with Crippen LogP contribution in [0.15, 0.2) is 9.32 Å². The van der Waals surface area contributed by atoms with Crippen LogP contribution in [0, 0.1) is 6.92 Å². The Bertz CT molecular complexity index is 384. The molecule has 0 spiro atoms. The van der Waals surface area contributed by atoms with E-state index in [1.807, 2.05) is 0 Å². The molecule has 0 fully saturated rings. The molecule has 0 amide bonds. The van der Waals surface area contributed by atoms with Crippen LogP contribution in [0.1, 0.15) is 17.7 Å². The van der Waals surface area contributed by atoms with E-state index in [1.54, 1.807) is 6.92 Å². The molecule has 1 rings (SSSR count). The predicted molar refractivity (Wildman–Crippen MR) is 46.7 cm³/mol. The van der Waals surface area contributed by atoms with Crippen LogP contribution < -0.4 is 28.3 Å². The molecule has 7 heteroatoms. The molecule has 0 radical (unpaired) electrons. The first-order valence-electron chi connectivity index (χ1n) is 4.25. The summed E-state index contributed by atoms with van der Waals surface area (Å²) in [6.07, 6.45) is 0.705. The molecule has 0 aliphatic carbocycles. The first kappa shape index (κ1) is 13.9. The molecule has 1 aromatic rings. The van der Waals surface area contributed by atoms with Crippen LogP contribution in [-0.4, -0.2) is 22.3 Å². The maximum absolute atomic E-state index is 11.1. The number of hydrogen-bond acceptors (Lipinski definition) is 3. The number of quaternary nitrogens is 1. The number of carboxylic acid groups (broad SMARTS) is 1. The Balaban J connectivity index is 0.00000196. The van der Waals surface area contributed by atoms with Crippen molar-refractivity contribution in [3.8, 4) is 0 Å². The van der Waals surface area contributed by atoms with Crippen LogP contribution in [-0.2, 0) is 11.2 Å². The van der Waals surface area contributed by atoms with Gasteiger partial charge in [-0.1, -0.05) is 0 Å². The molecule has 1 atom stereocenters. The van der Waals surface area contributed by atoms with Crippen LogP contribution in [0.25, 0.3) is 0 Å². The topological polar surface area (TPSA) is 111 Å². The van der Waals surface area contributed by atoms with Crippen molar-refractivity contribution in [2.45, 2.75) is 25.8 Å². The lowest BCUT2D eigenvalue weighted by Gasteiger charge is -2.00. The van der Waals surface area contributed by atoms with Gasteiger partial charge in [-0.05, 0) is 13.3 Å².